The number of ether oxygens (including phenoxy) is 2. The maximum atomic E-state index is 12.7. The van der Waals surface area contributed by atoms with Crippen molar-refractivity contribution in [2.24, 2.45) is 0 Å². The highest BCUT2D eigenvalue weighted by atomic mass is 32.1. The van der Waals surface area contributed by atoms with Crippen LogP contribution in [-0.4, -0.2) is 45.2 Å². The van der Waals surface area contributed by atoms with Crippen molar-refractivity contribution < 1.29 is 28.8 Å². The zero-order chi connectivity index (χ0) is 20.3. The number of anilines is 1. The van der Waals surface area contributed by atoms with E-state index in [0.29, 0.717) is 21.7 Å². The van der Waals surface area contributed by atoms with Gasteiger partial charge in [0.15, 0.2) is 0 Å². The minimum absolute atomic E-state index is 0.347. The first-order valence-corrected chi connectivity index (χ1v) is 9.86. The fraction of sp³-hybridized carbons (Fsp3) is 0.350. The maximum Gasteiger partial charge on any atom is 0.341 e. The molecule has 0 spiro atoms. The molecule has 28 heavy (non-hydrogen) atoms. The van der Waals surface area contributed by atoms with Crippen LogP contribution >= 0.6 is 11.3 Å². The van der Waals surface area contributed by atoms with Gasteiger partial charge in [-0.05, 0) is 36.8 Å². The van der Waals surface area contributed by atoms with E-state index in [-0.39, 0.29) is 5.91 Å². The Morgan fingerprint density at radius 1 is 1.07 bits per heavy atom. The van der Waals surface area contributed by atoms with Crippen molar-refractivity contribution in [1.29, 1.82) is 0 Å². The standard InChI is InChI=1S/C20H22N2O5S/c1-4-22-10-9-14-15(11-22)28-18(16(14)20(25)27-3)21-17(23)12-5-7-13(8-6-12)19(24)26-2/h5-8H,4,9-11H2,1-3H3,(H,21,23)/p+1. The monoisotopic (exact) mass is 403 g/mol. The van der Waals surface area contributed by atoms with E-state index in [2.05, 4.69) is 17.0 Å². The van der Waals surface area contributed by atoms with Crippen LogP contribution in [0.4, 0.5) is 5.00 Å². The predicted molar refractivity (Wildman–Crippen MR) is 105 cm³/mol. The van der Waals surface area contributed by atoms with Crippen LogP contribution in [0.5, 0.6) is 0 Å². The number of methoxy groups -OCH3 is 2. The van der Waals surface area contributed by atoms with Gasteiger partial charge in [0.1, 0.15) is 11.5 Å². The molecule has 2 heterocycles. The first-order valence-electron chi connectivity index (χ1n) is 9.04. The number of rotatable bonds is 5. The summed E-state index contributed by atoms with van der Waals surface area (Å²) in [6.45, 7) is 4.94. The number of likely N-dealkylation sites (N-methyl/N-ethyl adjacent to an activating group) is 1. The van der Waals surface area contributed by atoms with E-state index in [4.69, 9.17) is 4.74 Å². The molecule has 0 aliphatic carbocycles. The molecule has 1 aliphatic rings. The van der Waals surface area contributed by atoms with Crippen LogP contribution in [0.3, 0.4) is 0 Å². The first kappa shape index (κ1) is 20.0. The molecule has 2 N–H and O–H groups in total. The van der Waals surface area contributed by atoms with Gasteiger partial charge in [-0.2, -0.15) is 0 Å². The number of carbonyl (C=O) groups excluding carboxylic acids is 3. The van der Waals surface area contributed by atoms with Gasteiger partial charge in [0, 0.05) is 12.0 Å². The lowest BCUT2D eigenvalue weighted by Gasteiger charge is -2.22. The summed E-state index contributed by atoms with van der Waals surface area (Å²) in [5.74, 6) is -1.25. The second-order valence-corrected chi connectivity index (χ2v) is 7.61. The summed E-state index contributed by atoms with van der Waals surface area (Å²) in [5, 5.41) is 3.36. The van der Waals surface area contributed by atoms with Crippen molar-refractivity contribution in [3.8, 4) is 0 Å². The summed E-state index contributed by atoms with van der Waals surface area (Å²) < 4.78 is 9.61. The first-order chi connectivity index (χ1) is 13.5. The molecule has 148 valence electrons. The van der Waals surface area contributed by atoms with Crippen molar-refractivity contribution in [1.82, 2.24) is 0 Å². The number of hydrogen-bond acceptors (Lipinski definition) is 6. The van der Waals surface area contributed by atoms with Gasteiger partial charge in [0.05, 0.1) is 43.3 Å². The molecule has 0 fully saturated rings. The Kier molecular flexibility index (Phi) is 6.11. The second kappa shape index (κ2) is 8.53. The Bertz CT molecular complexity index is 904. The molecule has 1 aliphatic heterocycles. The van der Waals surface area contributed by atoms with E-state index >= 15 is 0 Å². The quantitative estimate of drug-likeness (QED) is 0.740. The second-order valence-electron chi connectivity index (χ2n) is 6.50. The number of fused-ring (bicyclic) bond motifs is 1. The van der Waals surface area contributed by atoms with Crippen LogP contribution in [0, 0.1) is 0 Å². The van der Waals surface area contributed by atoms with Crippen LogP contribution in [0.25, 0.3) is 0 Å². The van der Waals surface area contributed by atoms with Gasteiger partial charge < -0.3 is 19.7 Å². The zero-order valence-corrected chi connectivity index (χ0v) is 16.9. The van der Waals surface area contributed by atoms with Gasteiger partial charge in [-0.3, -0.25) is 4.79 Å². The number of nitrogens with one attached hydrogen (secondary N) is 2. The molecule has 0 saturated heterocycles. The molecule has 7 nitrogen and oxygen atoms in total. The van der Waals surface area contributed by atoms with Crippen LogP contribution < -0.4 is 10.2 Å². The van der Waals surface area contributed by atoms with Crippen LogP contribution in [0.1, 0.15) is 48.4 Å². The van der Waals surface area contributed by atoms with Crippen molar-refractivity contribution in [2.45, 2.75) is 19.9 Å². The number of hydrogen-bond donors (Lipinski definition) is 2. The SMILES string of the molecule is CC[NH+]1CCc2c(sc(NC(=O)c3ccc(C(=O)OC)cc3)c2C(=O)OC)C1. The topological polar surface area (TPSA) is 86.1 Å². The molecule has 1 aromatic heterocycles. The molecular weight excluding hydrogens is 380 g/mol. The summed E-state index contributed by atoms with van der Waals surface area (Å²) in [5.41, 5.74) is 2.18. The number of benzene rings is 1. The Balaban J connectivity index is 1.87. The van der Waals surface area contributed by atoms with E-state index in [0.717, 1.165) is 36.5 Å². The summed E-state index contributed by atoms with van der Waals surface area (Å²) in [6, 6.07) is 6.17. The average Bonchev–Trinajstić information content (AvgIpc) is 3.09. The van der Waals surface area contributed by atoms with Gasteiger partial charge in [0.25, 0.3) is 5.91 Å². The fourth-order valence-corrected chi connectivity index (χ4v) is 4.60. The molecule has 2 aromatic rings. The fourth-order valence-electron chi connectivity index (χ4n) is 3.30. The van der Waals surface area contributed by atoms with Crippen molar-refractivity contribution in [2.75, 3.05) is 32.6 Å². The Morgan fingerprint density at radius 2 is 1.71 bits per heavy atom. The predicted octanol–water partition coefficient (Wildman–Crippen LogP) is 1.53. The summed E-state index contributed by atoms with van der Waals surface area (Å²) >= 11 is 1.43. The van der Waals surface area contributed by atoms with Crippen molar-refractivity contribution in [3.63, 3.8) is 0 Å². The van der Waals surface area contributed by atoms with Crippen molar-refractivity contribution in [3.05, 3.63) is 51.4 Å². The molecule has 1 amide bonds. The van der Waals surface area contributed by atoms with Crippen LogP contribution in [0.2, 0.25) is 0 Å². The molecule has 0 saturated carbocycles. The molecule has 0 radical (unpaired) electrons. The Hall–Kier alpha value is -2.71. The highest BCUT2D eigenvalue weighted by Gasteiger charge is 2.30. The van der Waals surface area contributed by atoms with E-state index in [1.807, 2.05) is 0 Å². The molecule has 3 rings (SSSR count). The van der Waals surface area contributed by atoms with Gasteiger partial charge in [-0.25, -0.2) is 9.59 Å². The number of esters is 2. The van der Waals surface area contributed by atoms with Gasteiger partial charge in [-0.15, -0.1) is 11.3 Å². The van der Waals surface area contributed by atoms with E-state index in [9.17, 15) is 14.4 Å². The summed E-state index contributed by atoms with van der Waals surface area (Å²) in [4.78, 5) is 39.1. The molecular formula is C20H23N2O5S+. The smallest absolute Gasteiger partial charge is 0.341 e. The summed E-state index contributed by atoms with van der Waals surface area (Å²) in [7, 11) is 2.65. The molecule has 1 aromatic carbocycles. The third kappa shape index (κ3) is 3.93. The maximum absolute atomic E-state index is 12.7. The Labute approximate surface area is 167 Å². The number of quaternary nitrogens is 1. The highest BCUT2D eigenvalue weighted by Crippen LogP contribution is 2.35. The number of amides is 1. The largest absolute Gasteiger partial charge is 0.465 e. The summed E-state index contributed by atoms with van der Waals surface area (Å²) in [6.07, 6.45) is 0.781. The zero-order valence-electron chi connectivity index (χ0n) is 16.1. The van der Waals surface area contributed by atoms with Gasteiger partial charge >= 0.3 is 11.9 Å². The third-order valence-corrected chi connectivity index (χ3v) is 6.06. The lowest BCUT2D eigenvalue weighted by Crippen LogP contribution is -3.11. The average molecular weight is 403 g/mol. The normalized spacial score (nSPS) is 15.5. The molecule has 1 atom stereocenters. The number of carbonyl (C=O) groups is 3. The van der Waals surface area contributed by atoms with Crippen molar-refractivity contribution >= 4 is 34.2 Å². The van der Waals surface area contributed by atoms with Gasteiger partial charge in [-0.1, -0.05) is 0 Å². The lowest BCUT2D eigenvalue weighted by molar-refractivity contribution is -0.913. The van der Waals surface area contributed by atoms with Crippen LogP contribution in [-0.2, 0) is 22.4 Å². The number of thiophene rings is 1. The minimum Gasteiger partial charge on any atom is -0.465 e. The lowest BCUT2D eigenvalue weighted by atomic mass is 10.0. The van der Waals surface area contributed by atoms with Crippen LogP contribution in [0.15, 0.2) is 24.3 Å². The minimum atomic E-state index is -0.464. The third-order valence-electron chi connectivity index (χ3n) is 4.91. The Morgan fingerprint density at radius 3 is 2.32 bits per heavy atom. The molecule has 8 heteroatoms. The molecule has 1 unspecified atom stereocenters. The van der Waals surface area contributed by atoms with E-state index < -0.39 is 11.9 Å². The highest BCUT2D eigenvalue weighted by molar-refractivity contribution is 7.17. The van der Waals surface area contributed by atoms with Gasteiger partial charge in [0.2, 0.25) is 0 Å². The molecule has 0 bridgehead atoms. The van der Waals surface area contributed by atoms with E-state index in [1.165, 1.54) is 42.6 Å². The van der Waals surface area contributed by atoms with E-state index in [1.54, 1.807) is 12.1 Å².